The Kier molecular flexibility index (Phi) is 5.84. The van der Waals surface area contributed by atoms with Gasteiger partial charge in [0, 0.05) is 49.1 Å². The predicted molar refractivity (Wildman–Crippen MR) is 144 cm³/mol. The molecule has 2 aliphatic heterocycles. The number of nitriles is 1. The quantitative estimate of drug-likeness (QED) is 0.463. The molecule has 2 saturated heterocycles. The molecule has 0 saturated carbocycles. The van der Waals surface area contributed by atoms with E-state index in [2.05, 4.69) is 22.0 Å². The molecule has 2 aromatic heterocycles. The Balaban J connectivity index is 1.46. The van der Waals surface area contributed by atoms with Crippen molar-refractivity contribution in [2.45, 2.75) is 39.5 Å². The topological polar surface area (TPSA) is 73.1 Å². The minimum absolute atomic E-state index is 0.0358. The molecule has 1 aromatic carbocycles. The summed E-state index contributed by atoms with van der Waals surface area (Å²) in [7, 11) is 0. The molecule has 6 nitrogen and oxygen atoms in total. The van der Waals surface area contributed by atoms with Crippen LogP contribution in [0.3, 0.4) is 0 Å². The van der Waals surface area contributed by atoms with Crippen LogP contribution in [0.1, 0.15) is 53.6 Å². The number of anilines is 1. The fraction of sp³-hybridized carbons (Fsp3) is 0.379. The first kappa shape index (κ1) is 23.8. The van der Waals surface area contributed by atoms with Crippen LogP contribution in [0.5, 0.6) is 0 Å². The zero-order chi connectivity index (χ0) is 25.7. The first-order chi connectivity index (χ1) is 17.9. The van der Waals surface area contributed by atoms with E-state index in [1.54, 1.807) is 23.5 Å². The lowest BCUT2D eigenvalue weighted by Gasteiger charge is -2.48. The highest BCUT2D eigenvalue weighted by Gasteiger charge is 2.49. The second-order valence-electron chi connectivity index (χ2n) is 10.4. The number of likely N-dealkylation sites (tertiary alicyclic amines) is 1. The highest BCUT2D eigenvalue weighted by molar-refractivity contribution is 7.11. The monoisotopic (exact) mass is 513 g/mol. The van der Waals surface area contributed by atoms with Crippen molar-refractivity contribution in [2.24, 2.45) is 5.41 Å². The maximum absolute atomic E-state index is 15.2. The summed E-state index contributed by atoms with van der Waals surface area (Å²) in [5.41, 5.74) is 7.35. The molecule has 1 spiro atoms. The molecular weight excluding hydrogens is 485 g/mol. The minimum Gasteiger partial charge on any atom is -0.355 e. The number of halogens is 1. The van der Waals surface area contributed by atoms with E-state index in [0.717, 1.165) is 60.8 Å². The van der Waals surface area contributed by atoms with Gasteiger partial charge in [-0.3, -0.25) is 4.79 Å². The number of benzene rings is 1. The van der Waals surface area contributed by atoms with Crippen molar-refractivity contribution in [3.8, 4) is 17.2 Å². The van der Waals surface area contributed by atoms with Gasteiger partial charge in [0.2, 0.25) is 5.91 Å². The summed E-state index contributed by atoms with van der Waals surface area (Å²) >= 11 is 1.62. The molecule has 0 N–H and O–H groups in total. The van der Waals surface area contributed by atoms with Gasteiger partial charge in [-0.15, -0.1) is 11.3 Å². The molecule has 0 radical (unpaired) electrons. The second-order valence-corrected chi connectivity index (χ2v) is 11.2. The zero-order valence-corrected chi connectivity index (χ0v) is 21.9. The number of fused-ring (bicyclic) bond motifs is 1. The van der Waals surface area contributed by atoms with Crippen LogP contribution in [-0.4, -0.2) is 47.0 Å². The van der Waals surface area contributed by atoms with Crippen LogP contribution >= 0.6 is 11.3 Å². The van der Waals surface area contributed by atoms with Gasteiger partial charge in [0.05, 0.1) is 21.8 Å². The number of aromatic nitrogens is 2. The molecule has 3 aromatic rings. The summed E-state index contributed by atoms with van der Waals surface area (Å²) in [4.78, 5) is 26.9. The van der Waals surface area contributed by atoms with E-state index >= 15 is 4.39 Å². The van der Waals surface area contributed by atoms with E-state index in [0.29, 0.717) is 35.3 Å². The van der Waals surface area contributed by atoms with Gasteiger partial charge >= 0.3 is 0 Å². The van der Waals surface area contributed by atoms with Crippen molar-refractivity contribution in [2.75, 3.05) is 31.1 Å². The Morgan fingerprint density at radius 3 is 2.76 bits per heavy atom. The third-order valence-electron chi connectivity index (χ3n) is 8.00. The first-order valence-corrected chi connectivity index (χ1v) is 13.7. The van der Waals surface area contributed by atoms with Crippen LogP contribution < -0.4 is 4.90 Å². The summed E-state index contributed by atoms with van der Waals surface area (Å²) in [5, 5.41) is 10.4. The number of amides is 1. The van der Waals surface area contributed by atoms with Gasteiger partial charge in [0.25, 0.3) is 0 Å². The number of carbonyl (C=O) groups is 1. The summed E-state index contributed by atoms with van der Waals surface area (Å²) in [6, 6.07) is 9.10. The highest BCUT2D eigenvalue weighted by Crippen LogP contribution is 2.45. The molecule has 0 unspecified atom stereocenters. The zero-order valence-electron chi connectivity index (χ0n) is 21.1. The summed E-state index contributed by atoms with van der Waals surface area (Å²) in [6.45, 7) is 6.90. The maximum Gasteiger partial charge on any atom is 0.222 e. The molecular formula is C29H28FN5OS. The van der Waals surface area contributed by atoms with E-state index in [4.69, 9.17) is 4.98 Å². The van der Waals surface area contributed by atoms with Crippen LogP contribution in [0.15, 0.2) is 29.8 Å². The number of hydrogen-bond acceptors (Lipinski definition) is 6. The van der Waals surface area contributed by atoms with Crippen LogP contribution in [0.25, 0.3) is 22.8 Å². The van der Waals surface area contributed by atoms with Crippen LogP contribution in [0.2, 0.25) is 0 Å². The number of thiazole rings is 1. The Morgan fingerprint density at radius 2 is 2.05 bits per heavy atom. The van der Waals surface area contributed by atoms with Gasteiger partial charge in [0.15, 0.2) is 0 Å². The van der Waals surface area contributed by atoms with Gasteiger partial charge < -0.3 is 9.80 Å². The SMILES string of the molecule is CCC(=O)N1CC2(CCN(c3nc4c(c(-c5ccccc5F)c3C#N)CCC(c3scnc3C)=C4)C2)C1. The number of rotatable bonds is 4. The minimum atomic E-state index is -0.336. The smallest absolute Gasteiger partial charge is 0.222 e. The largest absolute Gasteiger partial charge is 0.355 e. The second kappa shape index (κ2) is 9.07. The van der Waals surface area contributed by atoms with Crippen molar-refractivity contribution in [1.82, 2.24) is 14.9 Å². The van der Waals surface area contributed by atoms with E-state index < -0.39 is 0 Å². The first-order valence-electron chi connectivity index (χ1n) is 12.8. The van der Waals surface area contributed by atoms with E-state index in [9.17, 15) is 10.1 Å². The molecule has 2 fully saturated rings. The lowest BCUT2D eigenvalue weighted by atomic mass is 9.79. The maximum atomic E-state index is 15.2. The molecule has 1 aliphatic carbocycles. The summed E-state index contributed by atoms with van der Waals surface area (Å²) in [5.74, 6) is 0.471. The molecule has 6 rings (SSSR count). The Hall–Kier alpha value is -3.57. The third-order valence-corrected chi connectivity index (χ3v) is 9.01. The standard InChI is InChI=1S/C29H28FN5OS/c1-3-25(36)35-15-29(16-35)10-11-34(14-29)28-22(13-31)26(20-6-4-5-7-23(20)30)21-9-8-19(12-24(21)33-28)27-18(2)32-17-37-27/h4-7,12,17H,3,8-11,14-16H2,1-2H3. The molecule has 3 aliphatic rings. The van der Waals surface area contributed by atoms with Crippen LogP contribution in [-0.2, 0) is 11.2 Å². The lowest BCUT2D eigenvalue weighted by molar-refractivity contribution is -0.141. The Bertz CT molecular complexity index is 1480. The normalized spacial score (nSPS) is 17.8. The molecule has 0 bridgehead atoms. The van der Waals surface area contributed by atoms with Crippen LogP contribution in [0.4, 0.5) is 10.2 Å². The number of hydrogen-bond donors (Lipinski definition) is 0. The molecule has 188 valence electrons. The van der Waals surface area contributed by atoms with Crippen LogP contribution in [0, 0.1) is 29.5 Å². The Labute approximate surface area is 220 Å². The van der Waals surface area contributed by atoms with E-state index in [1.165, 1.54) is 11.6 Å². The van der Waals surface area contributed by atoms with Gasteiger partial charge in [-0.25, -0.2) is 14.4 Å². The average Bonchev–Trinajstić information content (AvgIpc) is 3.53. The summed E-state index contributed by atoms with van der Waals surface area (Å²) in [6.07, 6.45) is 5.04. The molecule has 1 amide bonds. The molecule has 8 heteroatoms. The van der Waals surface area contributed by atoms with E-state index in [-0.39, 0.29) is 17.1 Å². The molecule has 4 heterocycles. The van der Waals surface area contributed by atoms with Crippen molar-refractivity contribution < 1.29 is 9.18 Å². The average molecular weight is 514 g/mol. The van der Waals surface area contributed by atoms with Gasteiger partial charge in [0.1, 0.15) is 23.3 Å². The number of carbonyl (C=O) groups excluding carboxylic acids is 1. The van der Waals surface area contributed by atoms with Gasteiger partial charge in [-0.2, -0.15) is 5.26 Å². The van der Waals surface area contributed by atoms with Gasteiger partial charge in [-0.1, -0.05) is 25.1 Å². The van der Waals surface area contributed by atoms with Crippen molar-refractivity contribution >= 4 is 34.7 Å². The molecule has 37 heavy (non-hydrogen) atoms. The predicted octanol–water partition coefficient (Wildman–Crippen LogP) is 5.46. The van der Waals surface area contributed by atoms with Crippen molar-refractivity contribution in [1.29, 1.82) is 5.26 Å². The number of pyridine rings is 1. The third kappa shape index (κ3) is 3.93. The fourth-order valence-electron chi connectivity index (χ4n) is 6.12. The van der Waals surface area contributed by atoms with Crippen molar-refractivity contribution in [3.05, 3.63) is 63.0 Å². The number of nitrogens with zero attached hydrogens (tertiary/aromatic N) is 5. The number of aryl methyl sites for hydroxylation is 1. The Morgan fingerprint density at radius 1 is 1.24 bits per heavy atom. The highest BCUT2D eigenvalue weighted by atomic mass is 32.1. The lowest BCUT2D eigenvalue weighted by Crippen LogP contribution is -2.59. The fourth-order valence-corrected chi connectivity index (χ4v) is 6.97. The van der Waals surface area contributed by atoms with Gasteiger partial charge in [-0.05, 0) is 49.5 Å². The van der Waals surface area contributed by atoms with E-state index in [1.807, 2.05) is 30.3 Å². The summed E-state index contributed by atoms with van der Waals surface area (Å²) < 4.78 is 15.2. The number of allylic oxidation sites excluding steroid dienone is 1. The molecule has 0 atom stereocenters. The van der Waals surface area contributed by atoms with Crippen molar-refractivity contribution in [3.63, 3.8) is 0 Å².